The first-order chi connectivity index (χ1) is 11.5. The van der Waals surface area contributed by atoms with Crippen molar-refractivity contribution in [3.05, 3.63) is 0 Å². The Morgan fingerprint density at radius 3 is 2.08 bits per heavy atom. The van der Waals surface area contributed by atoms with Gasteiger partial charge in [0.1, 0.15) is 0 Å². The van der Waals surface area contributed by atoms with Crippen molar-refractivity contribution in [2.45, 2.75) is 45.3 Å². The van der Waals surface area contributed by atoms with E-state index < -0.39 is 7.82 Å². The summed E-state index contributed by atoms with van der Waals surface area (Å²) in [4.78, 5) is 26.2. The van der Waals surface area contributed by atoms with Crippen molar-refractivity contribution in [1.29, 1.82) is 0 Å². The van der Waals surface area contributed by atoms with Crippen LogP contribution in [0.2, 0.25) is 0 Å². The summed E-state index contributed by atoms with van der Waals surface area (Å²) in [6.07, 6.45) is 1.89. The van der Waals surface area contributed by atoms with Gasteiger partial charge in [-0.3, -0.25) is 28.1 Å². The van der Waals surface area contributed by atoms with Crippen molar-refractivity contribution >= 4 is 19.6 Å². The second-order valence-electron chi connectivity index (χ2n) is 6.14. The van der Waals surface area contributed by atoms with Gasteiger partial charge in [-0.25, -0.2) is 4.57 Å². The number of nitrogens with zero attached hydrogens (tertiary/aromatic N) is 1. The number of likely N-dealkylation sites (tertiary alicyclic amines) is 1. The number of rotatable bonds is 9. The maximum atomic E-state index is 12.5. The molecule has 0 aliphatic carbocycles. The van der Waals surface area contributed by atoms with Crippen LogP contribution in [0.3, 0.4) is 0 Å². The Bertz CT molecular complexity index is 516. The quantitative estimate of drug-likeness (QED) is 0.351. The van der Waals surface area contributed by atoms with Crippen LogP contribution in [0.1, 0.15) is 33.1 Å². The van der Waals surface area contributed by atoms with Crippen LogP contribution in [0.4, 0.5) is 0 Å². The average Bonchev–Trinajstić information content (AvgIpc) is 3.20. The van der Waals surface area contributed by atoms with Gasteiger partial charge >= 0.3 is 7.82 Å². The molecule has 0 radical (unpaired) electrons. The van der Waals surface area contributed by atoms with Gasteiger partial charge in [0.25, 0.3) is 0 Å². The van der Waals surface area contributed by atoms with Gasteiger partial charge in [0.2, 0.25) is 11.8 Å². The Balaban J connectivity index is 1.50. The van der Waals surface area contributed by atoms with Crippen LogP contribution in [0.5, 0.6) is 0 Å². The highest BCUT2D eigenvalue weighted by Crippen LogP contribution is 2.50. The first-order valence-electron chi connectivity index (χ1n) is 8.55. The number of carbonyl (C=O) groups excluding carboxylic acids is 2. The molecule has 8 nitrogen and oxygen atoms in total. The molecule has 0 aromatic carbocycles. The molecule has 3 saturated heterocycles. The van der Waals surface area contributed by atoms with E-state index in [0.717, 1.165) is 12.8 Å². The molecule has 0 unspecified atom stereocenters. The van der Waals surface area contributed by atoms with E-state index >= 15 is 0 Å². The molecule has 0 spiro atoms. The summed E-state index contributed by atoms with van der Waals surface area (Å²) in [5, 5.41) is 0. The van der Waals surface area contributed by atoms with Gasteiger partial charge in [0, 0.05) is 6.54 Å². The molecule has 3 rings (SSSR count). The van der Waals surface area contributed by atoms with Crippen molar-refractivity contribution in [3.63, 3.8) is 0 Å². The molecule has 3 fully saturated rings. The van der Waals surface area contributed by atoms with Crippen LogP contribution in [0.25, 0.3) is 0 Å². The molecular weight excluding hydrogens is 337 g/mol. The molecule has 3 heterocycles. The topological polar surface area (TPSA) is 91.4 Å². The highest BCUT2D eigenvalue weighted by molar-refractivity contribution is 7.48. The third-order valence-electron chi connectivity index (χ3n) is 4.73. The molecule has 0 N–H and O–H groups in total. The molecular formula is C15H24NO7P. The normalized spacial score (nSPS) is 32.0. The molecule has 0 saturated carbocycles. The van der Waals surface area contributed by atoms with E-state index in [1.807, 2.05) is 0 Å². The van der Waals surface area contributed by atoms with Crippen molar-refractivity contribution in [2.24, 2.45) is 11.8 Å². The summed E-state index contributed by atoms with van der Waals surface area (Å²) in [7, 11) is -3.55. The van der Waals surface area contributed by atoms with E-state index in [9.17, 15) is 14.2 Å². The largest absolute Gasteiger partial charge is 0.474 e. The number of hydrogen-bond donors (Lipinski definition) is 0. The zero-order valence-corrected chi connectivity index (χ0v) is 14.9. The van der Waals surface area contributed by atoms with Gasteiger partial charge in [-0.15, -0.1) is 0 Å². The first kappa shape index (κ1) is 18.0. The van der Waals surface area contributed by atoms with Gasteiger partial charge in [-0.1, -0.05) is 0 Å². The van der Waals surface area contributed by atoms with Crippen molar-refractivity contribution in [3.8, 4) is 0 Å². The van der Waals surface area contributed by atoms with Crippen LogP contribution in [-0.2, 0) is 32.5 Å². The number of amides is 2. The Morgan fingerprint density at radius 2 is 1.58 bits per heavy atom. The lowest BCUT2D eigenvalue weighted by Gasteiger charge is -2.19. The Hall–Kier alpha value is -0.790. The van der Waals surface area contributed by atoms with Crippen molar-refractivity contribution in [2.75, 3.05) is 26.4 Å². The summed E-state index contributed by atoms with van der Waals surface area (Å²) in [6.45, 7) is 4.17. The lowest BCUT2D eigenvalue weighted by molar-refractivity contribution is -0.142. The fraction of sp³-hybridized carbons (Fsp3) is 0.867. The van der Waals surface area contributed by atoms with E-state index in [4.69, 9.17) is 18.3 Å². The second kappa shape index (κ2) is 7.22. The van der Waals surface area contributed by atoms with Crippen LogP contribution in [-0.4, -0.2) is 55.3 Å². The summed E-state index contributed by atoms with van der Waals surface area (Å²) in [5.41, 5.74) is 0. The average molecular weight is 361 g/mol. The summed E-state index contributed by atoms with van der Waals surface area (Å²) < 4.78 is 33.1. The minimum Gasteiger partial charge on any atom is -0.373 e. The highest BCUT2D eigenvalue weighted by Gasteiger charge is 2.62. The third kappa shape index (κ3) is 3.18. The number of ether oxygens (including phenoxy) is 1. The number of imide groups is 1. The monoisotopic (exact) mass is 361 g/mol. The number of phosphoric ester groups is 1. The van der Waals surface area contributed by atoms with E-state index in [2.05, 4.69) is 0 Å². The zero-order chi connectivity index (χ0) is 17.3. The van der Waals surface area contributed by atoms with Crippen LogP contribution >= 0.6 is 7.82 Å². The number of phosphoric acid groups is 1. The standard InChI is InChI=1S/C15H24NO7P/c1-3-20-24(19,21-4-2)22-9-5-8-16-14(17)12-10-6-7-11(23-10)13(12)15(16)18/h10-13H,3-9H2,1-2H3/t10-,11+,12-,13+. The summed E-state index contributed by atoms with van der Waals surface area (Å²) in [5.74, 6) is -0.907. The molecule has 0 aromatic heterocycles. The predicted octanol–water partition coefficient (Wildman–Crippen LogP) is 1.74. The van der Waals surface area contributed by atoms with Crippen LogP contribution in [0.15, 0.2) is 0 Å². The molecule has 2 bridgehead atoms. The fourth-order valence-electron chi connectivity index (χ4n) is 3.82. The van der Waals surface area contributed by atoms with E-state index in [1.165, 1.54) is 4.90 Å². The summed E-state index contributed by atoms with van der Waals surface area (Å²) >= 11 is 0. The lowest BCUT2D eigenvalue weighted by atomic mass is 9.81. The first-order valence-corrected chi connectivity index (χ1v) is 10.0. The molecule has 0 aromatic rings. The van der Waals surface area contributed by atoms with E-state index in [-0.39, 0.29) is 62.2 Å². The lowest BCUT2D eigenvalue weighted by Crippen LogP contribution is -2.35. The Morgan fingerprint density at radius 1 is 1.04 bits per heavy atom. The fourth-order valence-corrected chi connectivity index (χ4v) is 5.03. The third-order valence-corrected chi connectivity index (χ3v) is 6.37. The summed E-state index contributed by atoms with van der Waals surface area (Å²) in [6, 6.07) is 0. The smallest absolute Gasteiger partial charge is 0.373 e. The molecule has 9 heteroatoms. The zero-order valence-electron chi connectivity index (χ0n) is 14.0. The maximum Gasteiger partial charge on any atom is 0.474 e. The molecule has 3 aliphatic heterocycles. The minimum absolute atomic E-state index is 0.0903. The predicted molar refractivity (Wildman–Crippen MR) is 83.0 cm³/mol. The molecule has 2 amide bonds. The van der Waals surface area contributed by atoms with Crippen molar-refractivity contribution < 1.29 is 32.5 Å². The van der Waals surface area contributed by atoms with Gasteiger partial charge in [0.15, 0.2) is 0 Å². The van der Waals surface area contributed by atoms with Gasteiger partial charge in [0.05, 0.1) is 43.9 Å². The second-order valence-corrected chi connectivity index (χ2v) is 7.81. The van der Waals surface area contributed by atoms with Gasteiger partial charge < -0.3 is 4.74 Å². The van der Waals surface area contributed by atoms with Crippen molar-refractivity contribution in [1.82, 2.24) is 4.90 Å². The molecule has 136 valence electrons. The highest BCUT2D eigenvalue weighted by atomic mass is 31.2. The Labute approximate surface area is 141 Å². The molecule has 24 heavy (non-hydrogen) atoms. The van der Waals surface area contributed by atoms with Crippen LogP contribution < -0.4 is 0 Å². The number of hydrogen-bond acceptors (Lipinski definition) is 7. The molecule has 4 atom stereocenters. The minimum atomic E-state index is -3.55. The SMILES string of the molecule is CCOP(=O)(OCC)OCCCN1C(=O)[C@@H]2[C@H](C1=O)[C@H]1CC[C@@H]2O1. The Kier molecular flexibility index (Phi) is 5.42. The molecule has 3 aliphatic rings. The van der Waals surface area contributed by atoms with Crippen LogP contribution in [0, 0.1) is 11.8 Å². The van der Waals surface area contributed by atoms with E-state index in [1.54, 1.807) is 13.8 Å². The number of carbonyl (C=O) groups is 2. The van der Waals surface area contributed by atoms with Gasteiger partial charge in [-0.2, -0.15) is 0 Å². The number of fused-ring (bicyclic) bond motifs is 5. The maximum absolute atomic E-state index is 12.5. The van der Waals surface area contributed by atoms with Gasteiger partial charge in [-0.05, 0) is 33.1 Å². The van der Waals surface area contributed by atoms with E-state index in [0.29, 0.717) is 6.42 Å².